The van der Waals surface area contributed by atoms with Gasteiger partial charge in [0.25, 0.3) is 0 Å². The van der Waals surface area contributed by atoms with Crippen molar-refractivity contribution in [1.82, 2.24) is 4.98 Å². The van der Waals surface area contributed by atoms with Gasteiger partial charge in [0.05, 0.1) is 5.69 Å². The van der Waals surface area contributed by atoms with Crippen molar-refractivity contribution in [2.24, 2.45) is 0 Å². The predicted octanol–water partition coefficient (Wildman–Crippen LogP) is 3.71. The molecule has 1 aliphatic heterocycles. The van der Waals surface area contributed by atoms with Crippen LogP contribution >= 0.6 is 0 Å². The van der Waals surface area contributed by atoms with Crippen LogP contribution in [0.25, 0.3) is 0 Å². The molecule has 3 rings (SSSR count). The van der Waals surface area contributed by atoms with Gasteiger partial charge in [-0.3, -0.25) is 0 Å². The molecule has 2 aromatic rings. The molecule has 0 N–H and O–H groups in total. The number of aromatic nitrogens is 1. The Balaban J connectivity index is 2.23. The Morgan fingerprint density at radius 1 is 1.00 bits per heavy atom. The van der Waals surface area contributed by atoms with Gasteiger partial charge in [0.1, 0.15) is 5.66 Å². The number of benzene rings is 1. The smallest absolute Gasteiger partial charge is 0.154 e. The zero-order valence-electron chi connectivity index (χ0n) is 11.9. The van der Waals surface area contributed by atoms with E-state index in [0.717, 1.165) is 5.82 Å². The Kier molecular flexibility index (Phi) is 2.52. The third-order valence-electron chi connectivity index (χ3n) is 4.05. The minimum absolute atomic E-state index is 0.122. The lowest BCUT2D eigenvalue weighted by atomic mass is 10.1. The van der Waals surface area contributed by atoms with Gasteiger partial charge in [-0.1, -0.05) is 18.2 Å². The molecule has 0 atom stereocenters. The van der Waals surface area contributed by atoms with E-state index in [1.807, 2.05) is 12.3 Å². The molecule has 3 nitrogen and oxygen atoms in total. The van der Waals surface area contributed by atoms with Crippen LogP contribution in [-0.4, -0.2) is 17.7 Å². The molecule has 0 fully saturated rings. The molecule has 0 unspecified atom stereocenters. The average molecular weight is 253 g/mol. The summed E-state index contributed by atoms with van der Waals surface area (Å²) in [4.78, 5) is 9.12. The van der Waals surface area contributed by atoms with Crippen molar-refractivity contribution in [3.05, 3.63) is 48.2 Å². The van der Waals surface area contributed by atoms with E-state index in [-0.39, 0.29) is 5.66 Å². The summed E-state index contributed by atoms with van der Waals surface area (Å²) < 4.78 is 0. The van der Waals surface area contributed by atoms with Crippen molar-refractivity contribution in [2.45, 2.75) is 26.4 Å². The molecule has 19 heavy (non-hydrogen) atoms. The molecule has 98 valence electrons. The van der Waals surface area contributed by atoms with Gasteiger partial charge >= 0.3 is 0 Å². The monoisotopic (exact) mass is 253 g/mol. The van der Waals surface area contributed by atoms with E-state index in [9.17, 15) is 0 Å². The maximum Gasteiger partial charge on any atom is 0.154 e. The highest BCUT2D eigenvalue weighted by Gasteiger charge is 2.42. The van der Waals surface area contributed by atoms with Gasteiger partial charge in [0.2, 0.25) is 0 Å². The number of rotatable bonds is 1. The zero-order valence-corrected chi connectivity index (χ0v) is 11.9. The van der Waals surface area contributed by atoms with E-state index in [0.29, 0.717) is 0 Å². The summed E-state index contributed by atoms with van der Waals surface area (Å²) in [5, 5.41) is 0. The second-order valence-corrected chi connectivity index (χ2v) is 5.52. The van der Waals surface area contributed by atoms with Crippen molar-refractivity contribution in [2.75, 3.05) is 16.8 Å². The van der Waals surface area contributed by atoms with Crippen LogP contribution < -0.4 is 9.80 Å². The minimum Gasteiger partial charge on any atom is -0.335 e. The van der Waals surface area contributed by atoms with E-state index in [2.05, 4.69) is 72.9 Å². The molecule has 0 amide bonds. The van der Waals surface area contributed by atoms with Gasteiger partial charge in [0.15, 0.2) is 5.82 Å². The van der Waals surface area contributed by atoms with Crippen molar-refractivity contribution >= 4 is 17.2 Å². The van der Waals surface area contributed by atoms with E-state index < -0.39 is 0 Å². The number of nitrogens with zero attached hydrogens (tertiary/aromatic N) is 3. The first-order valence-corrected chi connectivity index (χ1v) is 6.58. The number of anilines is 3. The second-order valence-electron chi connectivity index (χ2n) is 5.52. The van der Waals surface area contributed by atoms with Crippen LogP contribution in [0.1, 0.15) is 19.4 Å². The second kappa shape index (κ2) is 3.98. The Hall–Kier alpha value is -2.03. The molecule has 1 aliphatic rings. The highest BCUT2D eigenvalue weighted by molar-refractivity contribution is 5.83. The number of aryl methyl sites for hydroxylation is 1. The van der Waals surface area contributed by atoms with E-state index >= 15 is 0 Å². The standard InChI is InChI=1S/C16H19N3/c1-12-8-5-6-9-13(12)19-14-10-7-11-17-15(14)18(4)16(19,2)3/h5-11H,1-4H3. The van der Waals surface area contributed by atoms with Crippen molar-refractivity contribution in [3.63, 3.8) is 0 Å². The molecular formula is C16H19N3. The lowest BCUT2D eigenvalue weighted by molar-refractivity contribution is 0.519. The van der Waals surface area contributed by atoms with Crippen LogP contribution in [0.5, 0.6) is 0 Å². The molecule has 0 saturated carbocycles. The Morgan fingerprint density at radius 3 is 2.42 bits per heavy atom. The molecule has 2 heterocycles. The normalized spacial score (nSPS) is 16.6. The van der Waals surface area contributed by atoms with Crippen molar-refractivity contribution in [3.8, 4) is 0 Å². The summed E-state index contributed by atoms with van der Waals surface area (Å²) in [5.74, 6) is 1.04. The topological polar surface area (TPSA) is 19.4 Å². The van der Waals surface area contributed by atoms with Gasteiger partial charge in [-0.15, -0.1) is 0 Å². The largest absolute Gasteiger partial charge is 0.335 e. The number of hydrogen-bond donors (Lipinski definition) is 0. The molecule has 3 heteroatoms. The van der Waals surface area contributed by atoms with Crippen molar-refractivity contribution in [1.29, 1.82) is 0 Å². The molecule has 0 spiro atoms. The summed E-state index contributed by atoms with van der Waals surface area (Å²) in [6, 6.07) is 12.6. The molecule has 0 saturated heterocycles. The number of pyridine rings is 1. The average Bonchev–Trinajstić information content (AvgIpc) is 2.59. The van der Waals surface area contributed by atoms with Gasteiger partial charge in [-0.2, -0.15) is 0 Å². The SMILES string of the molecule is Cc1ccccc1N1c2cccnc2N(C)C1(C)C. The van der Waals surface area contributed by atoms with E-state index in [1.165, 1.54) is 16.9 Å². The van der Waals surface area contributed by atoms with Crippen LogP contribution in [0.4, 0.5) is 17.2 Å². The molecule has 1 aromatic heterocycles. The van der Waals surface area contributed by atoms with E-state index in [1.54, 1.807) is 0 Å². The van der Waals surface area contributed by atoms with Crippen LogP contribution in [0.15, 0.2) is 42.6 Å². The van der Waals surface area contributed by atoms with E-state index in [4.69, 9.17) is 0 Å². The summed E-state index contributed by atoms with van der Waals surface area (Å²) in [7, 11) is 2.10. The summed E-state index contributed by atoms with van der Waals surface area (Å²) in [6.07, 6.45) is 1.85. The van der Waals surface area contributed by atoms with Gasteiger partial charge in [0, 0.05) is 18.9 Å². The minimum atomic E-state index is -0.122. The fourth-order valence-electron chi connectivity index (χ4n) is 2.76. The maximum absolute atomic E-state index is 4.53. The first-order valence-electron chi connectivity index (χ1n) is 6.58. The number of para-hydroxylation sites is 1. The third-order valence-corrected chi connectivity index (χ3v) is 4.05. The van der Waals surface area contributed by atoms with Crippen molar-refractivity contribution < 1.29 is 0 Å². The summed E-state index contributed by atoms with van der Waals surface area (Å²) in [5.41, 5.74) is 3.57. The molecule has 1 aromatic carbocycles. The van der Waals surface area contributed by atoms with Gasteiger partial charge in [-0.05, 0) is 44.5 Å². The molecular weight excluding hydrogens is 234 g/mol. The lowest BCUT2D eigenvalue weighted by Gasteiger charge is -2.39. The Labute approximate surface area is 114 Å². The maximum atomic E-state index is 4.53. The Bertz CT molecular complexity index is 619. The highest BCUT2D eigenvalue weighted by Crippen LogP contribution is 2.47. The quantitative estimate of drug-likeness (QED) is 0.772. The number of hydrogen-bond acceptors (Lipinski definition) is 3. The molecule has 0 bridgehead atoms. The van der Waals surface area contributed by atoms with Crippen LogP contribution in [0, 0.1) is 6.92 Å². The Morgan fingerprint density at radius 2 is 1.68 bits per heavy atom. The fraction of sp³-hybridized carbons (Fsp3) is 0.312. The first kappa shape index (κ1) is 12.0. The third kappa shape index (κ3) is 1.61. The zero-order chi connectivity index (χ0) is 13.6. The lowest BCUT2D eigenvalue weighted by Crippen LogP contribution is -2.48. The van der Waals surface area contributed by atoms with Gasteiger partial charge in [-0.25, -0.2) is 4.98 Å². The molecule has 0 radical (unpaired) electrons. The first-order chi connectivity index (χ1) is 9.03. The summed E-state index contributed by atoms with van der Waals surface area (Å²) >= 11 is 0. The fourth-order valence-corrected chi connectivity index (χ4v) is 2.76. The summed E-state index contributed by atoms with van der Waals surface area (Å²) in [6.45, 7) is 6.60. The number of fused-ring (bicyclic) bond motifs is 1. The highest BCUT2D eigenvalue weighted by atomic mass is 15.5. The molecule has 0 aliphatic carbocycles. The van der Waals surface area contributed by atoms with Crippen LogP contribution in [-0.2, 0) is 0 Å². The van der Waals surface area contributed by atoms with Gasteiger partial charge < -0.3 is 9.80 Å². The van der Waals surface area contributed by atoms with Crippen LogP contribution in [0.2, 0.25) is 0 Å². The van der Waals surface area contributed by atoms with Crippen LogP contribution in [0.3, 0.4) is 0 Å². The predicted molar refractivity (Wildman–Crippen MR) is 80.0 cm³/mol.